The van der Waals surface area contributed by atoms with E-state index in [1.165, 1.54) is 4.90 Å². The molecule has 1 heterocycles. The van der Waals surface area contributed by atoms with Crippen molar-refractivity contribution < 1.29 is 18.8 Å². The molecule has 0 radical (unpaired) electrons. The van der Waals surface area contributed by atoms with Gasteiger partial charge in [-0.2, -0.15) is 0 Å². The highest BCUT2D eigenvalue weighted by Gasteiger charge is 2.38. The van der Waals surface area contributed by atoms with Gasteiger partial charge in [-0.05, 0) is 54.8 Å². The van der Waals surface area contributed by atoms with Crippen LogP contribution in [-0.2, 0) is 20.4 Å². The van der Waals surface area contributed by atoms with Gasteiger partial charge in [-0.1, -0.05) is 65.0 Å². The Labute approximate surface area is 189 Å². The molecule has 1 aliphatic rings. The summed E-state index contributed by atoms with van der Waals surface area (Å²) < 4.78 is 11.5. The van der Waals surface area contributed by atoms with Crippen molar-refractivity contribution in [3.63, 3.8) is 0 Å². The van der Waals surface area contributed by atoms with Gasteiger partial charge in [-0.15, -0.1) is 0 Å². The van der Waals surface area contributed by atoms with Crippen LogP contribution in [-0.4, -0.2) is 44.5 Å². The quantitative estimate of drug-likeness (QED) is 0.410. The zero-order chi connectivity index (χ0) is 23.2. The standard InChI is InChI=1S/C25H41NO4Si/c1-19(15-20(2)17-30-31(6,7)25(3,4)5)13-14-23(27)26-22(18-29-24(26)28)16-21-11-9-8-10-12-21/h8-12,19-20,22H,13-18H2,1-7H3/t19-,20-,22-/m0/s1. The third-order valence-electron chi connectivity index (χ3n) is 6.73. The molecular weight excluding hydrogens is 406 g/mol. The van der Waals surface area contributed by atoms with Crippen molar-refractivity contribution in [1.82, 2.24) is 4.90 Å². The van der Waals surface area contributed by atoms with Crippen LogP contribution in [0, 0.1) is 11.8 Å². The van der Waals surface area contributed by atoms with E-state index in [9.17, 15) is 9.59 Å². The van der Waals surface area contributed by atoms with E-state index in [0.717, 1.165) is 25.0 Å². The molecule has 31 heavy (non-hydrogen) atoms. The van der Waals surface area contributed by atoms with Crippen LogP contribution in [0.4, 0.5) is 4.79 Å². The molecule has 0 unspecified atom stereocenters. The number of benzene rings is 1. The summed E-state index contributed by atoms with van der Waals surface area (Å²) in [6, 6.07) is 9.71. The van der Waals surface area contributed by atoms with Crippen LogP contribution in [0.15, 0.2) is 30.3 Å². The Morgan fingerprint density at radius 3 is 2.45 bits per heavy atom. The van der Waals surface area contributed by atoms with Crippen LogP contribution in [0.3, 0.4) is 0 Å². The monoisotopic (exact) mass is 447 g/mol. The maximum absolute atomic E-state index is 12.8. The SMILES string of the molecule is C[C@H](CO[Si](C)(C)C(C)(C)C)C[C@@H](C)CCC(=O)N1C(=O)OC[C@@H]1Cc1ccccc1. The number of ether oxygens (including phenoxy) is 1. The number of nitrogens with zero attached hydrogens (tertiary/aromatic N) is 1. The van der Waals surface area contributed by atoms with Crippen molar-refractivity contribution in [2.45, 2.75) is 84.5 Å². The highest BCUT2D eigenvalue weighted by Crippen LogP contribution is 2.37. The molecule has 0 aromatic heterocycles. The van der Waals surface area contributed by atoms with Gasteiger partial charge in [0.15, 0.2) is 8.32 Å². The molecule has 1 fully saturated rings. The van der Waals surface area contributed by atoms with Crippen molar-refractivity contribution in [3.8, 4) is 0 Å². The number of hydrogen-bond donors (Lipinski definition) is 0. The fraction of sp³-hybridized carbons (Fsp3) is 0.680. The van der Waals surface area contributed by atoms with E-state index < -0.39 is 14.4 Å². The highest BCUT2D eigenvalue weighted by molar-refractivity contribution is 6.74. The van der Waals surface area contributed by atoms with Crippen LogP contribution >= 0.6 is 0 Å². The molecule has 1 aliphatic heterocycles. The van der Waals surface area contributed by atoms with Crippen molar-refractivity contribution in [2.75, 3.05) is 13.2 Å². The van der Waals surface area contributed by atoms with Crippen LogP contribution in [0.25, 0.3) is 0 Å². The molecule has 0 saturated carbocycles. The first-order valence-electron chi connectivity index (χ1n) is 11.6. The average Bonchev–Trinajstić information content (AvgIpc) is 3.04. The molecule has 0 N–H and O–H groups in total. The van der Waals surface area contributed by atoms with Crippen molar-refractivity contribution in [2.24, 2.45) is 11.8 Å². The molecule has 1 aromatic rings. The molecule has 3 atom stereocenters. The van der Waals surface area contributed by atoms with Gasteiger partial charge >= 0.3 is 6.09 Å². The molecule has 2 rings (SSSR count). The van der Waals surface area contributed by atoms with Gasteiger partial charge < -0.3 is 9.16 Å². The summed E-state index contributed by atoms with van der Waals surface area (Å²) in [4.78, 5) is 26.3. The minimum absolute atomic E-state index is 0.125. The van der Waals surface area contributed by atoms with Gasteiger partial charge in [0.25, 0.3) is 0 Å². The van der Waals surface area contributed by atoms with Gasteiger partial charge in [-0.25, -0.2) is 9.69 Å². The number of hydrogen-bond acceptors (Lipinski definition) is 4. The predicted octanol–water partition coefficient (Wildman–Crippen LogP) is 6.04. The lowest BCUT2D eigenvalue weighted by atomic mass is 9.93. The fourth-order valence-corrected chi connectivity index (χ4v) is 4.87. The summed E-state index contributed by atoms with van der Waals surface area (Å²) in [6.07, 6.45) is 2.28. The zero-order valence-electron chi connectivity index (χ0n) is 20.4. The number of amides is 2. The molecule has 6 heteroatoms. The minimum Gasteiger partial charge on any atom is -0.447 e. The van der Waals surface area contributed by atoms with Crippen LogP contribution in [0.2, 0.25) is 18.1 Å². The highest BCUT2D eigenvalue weighted by atomic mass is 28.4. The predicted molar refractivity (Wildman–Crippen MR) is 127 cm³/mol. The lowest BCUT2D eigenvalue weighted by Gasteiger charge is -2.37. The second-order valence-electron chi connectivity index (χ2n) is 10.7. The summed E-state index contributed by atoms with van der Waals surface area (Å²) in [6.45, 7) is 16.8. The second kappa shape index (κ2) is 10.8. The normalized spacial score (nSPS) is 19.3. The summed E-state index contributed by atoms with van der Waals surface area (Å²) in [5, 5.41) is 0.214. The number of carbonyl (C=O) groups is 2. The molecule has 0 aliphatic carbocycles. The van der Waals surface area contributed by atoms with Crippen LogP contribution < -0.4 is 0 Å². The summed E-state index contributed by atoms with van der Waals surface area (Å²) in [5.74, 6) is 0.718. The lowest BCUT2D eigenvalue weighted by Crippen LogP contribution is -2.41. The van der Waals surface area contributed by atoms with Crippen molar-refractivity contribution in [1.29, 1.82) is 0 Å². The number of cyclic esters (lactones) is 1. The molecular formula is C25H41NO4Si. The maximum Gasteiger partial charge on any atom is 0.416 e. The van der Waals surface area contributed by atoms with Gasteiger partial charge in [0.1, 0.15) is 6.61 Å². The van der Waals surface area contributed by atoms with Crippen molar-refractivity contribution >= 4 is 20.3 Å². The molecule has 1 aromatic carbocycles. The van der Waals surface area contributed by atoms with Gasteiger partial charge in [0, 0.05) is 13.0 Å². The summed E-state index contributed by atoms with van der Waals surface area (Å²) >= 11 is 0. The Hall–Kier alpha value is -1.66. The number of imide groups is 1. The third-order valence-corrected chi connectivity index (χ3v) is 11.2. The Kier molecular flexibility index (Phi) is 8.89. The molecule has 5 nitrogen and oxygen atoms in total. The van der Waals surface area contributed by atoms with Gasteiger partial charge in [-0.3, -0.25) is 4.79 Å². The van der Waals surface area contributed by atoms with E-state index in [0.29, 0.717) is 24.7 Å². The van der Waals surface area contributed by atoms with Crippen LogP contribution in [0.1, 0.15) is 59.4 Å². The molecule has 0 spiro atoms. The number of rotatable bonds is 10. The molecule has 2 amide bonds. The van der Waals surface area contributed by atoms with E-state index in [1.54, 1.807) is 0 Å². The van der Waals surface area contributed by atoms with E-state index in [2.05, 4.69) is 47.7 Å². The maximum atomic E-state index is 12.8. The average molecular weight is 448 g/mol. The first-order chi connectivity index (χ1) is 14.4. The molecule has 0 bridgehead atoms. The van der Waals surface area contributed by atoms with Gasteiger partial charge in [0.2, 0.25) is 5.91 Å². The minimum atomic E-state index is -1.73. The van der Waals surface area contributed by atoms with E-state index in [-0.39, 0.29) is 23.6 Å². The third kappa shape index (κ3) is 7.46. The largest absolute Gasteiger partial charge is 0.447 e. The first-order valence-corrected chi connectivity index (χ1v) is 14.5. The molecule has 174 valence electrons. The van der Waals surface area contributed by atoms with Gasteiger partial charge in [0.05, 0.1) is 6.04 Å². The lowest BCUT2D eigenvalue weighted by molar-refractivity contribution is -0.129. The smallest absolute Gasteiger partial charge is 0.416 e. The Morgan fingerprint density at radius 2 is 1.84 bits per heavy atom. The van der Waals surface area contributed by atoms with E-state index >= 15 is 0 Å². The molecule has 1 saturated heterocycles. The van der Waals surface area contributed by atoms with E-state index in [1.807, 2.05) is 30.3 Å². The van der Waals surface area contributed by atoms with E-state index in [4.69, 9.17) is 9.16 Å². The summed E-state index contributed by atoms with van der Waals surface area (Å²) in [5.41, 5.74) is 1.10. The Balaban J connectivity index is 1.80. The van der Waals surface area contributed by atoms with Crippen LogP contribution in [0.5, 0.6) is 0 Å². The zero-order valence-corrected chi connectivity index (χ0v) is 21.4. The second-order valence-corrected chi connectivity index (χ2v) is 15.5. The topological polar surface area (TPSA) is 55.8 Å². The van der Waals surface area contributed by atoms with Crippen molar-refractivity contribution in [3.05, 3.63) is 35.9 Å². The Bertz CT molecular complexity index is 729. The summed E-state index contributed by atoms with van der Waals surface area (Å²) in [7, 11) is -1.73. The Morgan fingerprint density at radius 1 is 1.19 bits per heavy atom. The first kappa shape index (κ1) is 25.6. The number of carbonyl (C=O) groups excluding carboxylic acids is 2. The fourth-order valence-electron chi connectivity index (χ4n) is 3.73.